The summed E-state index contributed by atoms with van der Waals surface area (Å²) in [6, 6.07) is 0. The first-order valence-electron chi connectivity index (χ1n) is 2.88. The van der Waals surface area contributed by atoms with Crippen LogP contribution in [0.25, 0.3) is 0 Å². The molecule has 0 rings (SSSR count). The molecular formula is C6H13N3. The summed E-state index contributed by atoms with van der Waals surface area (Å²) in [5, 5.41) is 0. The van der Waals surface area contributed by atoms with E-state index in [0.29, 0.717) is 11.7 Å². The van der Waals surface area contributed by atoms with Crippen LogP contribution in [-0.4, -0.2) is 6.34 Å². The Kier molecular flexibility index (Phi) is 3.51. The Hall–Kier alpha value is -0.990. The number of nitrogens with two attached hydrogens (primary N) is 2. The van der Waals surface area contributed by atoms with E-state index in [0.717, 1.165) is 0 Å². The standard InChI is InChI=1S/C6H13N3/c1-5(2)3-6(8)9-4-7/h3-5H,8H2,1-2H3,(H2,7,9)/b6-3-. The van der Waals surface area contributed by atoms with Crippen LogP contribution >= 0.6 is 0 Å². The molecule has 0 aromatic heterocycles. The van der Waals surface area contributed by atoms with Crippen LogP contribution in [0.5, 0.6) is 0 Å². The Morgan fingerprint density at radius 3 is 2.44 bits per heavy atom. The van der Waals surface area contributed by atoms with Gasteiger partial charge < -0.3 is 11.5 Å². The number of hydrogen-bond donors (Lipinski definition) is 2. The van der Waals surface area contributed by atoms with Crippen LogP contribution in [0.15, 0.2) is 16.9 Å². The summed E-state index contributed by atoms with van der Waals surface area (Å²) in [7, 11) is 0. The Bertz CT molecular complexity index is 124. The molecular weight excluding hydrogens is 114 g/mol. The molecule has 0 fully saturated rings. The maximum absolute atomic E-state index is 5.37. The molecule has 0 unspecified atom stereocenters. The largest absolute Gasteiger partial charge is 0.390 e. The van der Waals surface area contributed by atoms with Crippen molar-refractivity contribution in [3.63, 3.8) is 0 Å². The van der Waals surface area contributed by atoms with Crippen molar-refractivity contribution in [1.29, 1.82) is 0 Å². The molecule has 9 heavy (non-hydrogen) atoms. The van der Waals surface area contributed by atoms with E-state index in [1.165, 1.54) is 6.34 Å². The van der Waals surface area contributed by atoms with Crippen molar-refractivity contribution < 1.29 is 0 Å². The van der Waals surface area contributed by atoms with Crippen molar-refractivity contribution >= 4 is 6.34 Å². The van der Waals surface area contributed by atoms with E-state index in [2.05, 4.69) is 4.99 Å². The monoisotopic (exact) mass is 127 g/mol. The Labute approximate surface area is 55.4 Å². The Morgan fingerprint density at radius 2 is 2.11 bits per heavy atom. The molecule has 0 saturated carbocycles. The molecule has 52 valence electrons. The quantitative estimate of drug-likeness (QED) is 0.417. The first-order valence-corrected chi connectivity index (χ1v) is 2.88. The molecule has 0 heterocycles. The van der Waals surface area contributed by atoms with Gasteiger partial charge in [0.2, 0.25) is 0 Å². The zero-order valence-electron chi connectivity index (χ0n) is 5.83. The van der Waals surface area contributed by atoms with Crippen molar-refractivity contribution in [2.45, 2.75) is 13.8 Å². The smallest absolute Gasteiger partial charge is 0.121 e. The molecule has 0 aromatic carbocycles. The third-order valence-corrected chi connectivity index (χ3v) is 0.728. The molecule has 3 heteroatoms. The van der Waals surface area contributed by atoms with E-state index in [4.69, 9.17) is 11.5 Å². The summed E-state index contributed by atoms with van der Waals surface area (Å²) in [6.45, 7) is 4.05. The van der Waals surface area contributed by atoms with Crippen LogP contribution in [0, 0.1) is 5.92 Å². The lowest BCUT2D eigenvalue weighted by atomic mass is 10.2. The minimum Gasteiger partial charge on any atom is -0.390 e. The van der Waals surface area contributed by atoms with Crippen LogP contribution in [0.3, 0.4) is 0 Å². The van der Waals surface area contributed by atoms with Gasteiger partial charge in [-0.2, -0.15) is 0 Å². The van der Waals surface area contributed by atoms with Gasteiger partial charge in [0.25, 0.3) is 0 Å². The minimum absolute atomic E-state index is 0.425. The van der Waals surface area contributed by atoms with Crippen LogP contribution in [-0.2, 0) is 0 Å². The molecule has 0 spiro atoms. The number of rotatable bonds is 2. The van der Waals surface area contributed by atoms with E-state index < -0.39 is 0 Å². The number of nitrogens with zero attached hydrogens (tertiary/aromatic N) is 1. The van der Waals surface area contributed by atoms with Crippen molar-refractivity contribution in [3.05, 3.63) is 11.9 Å². The second kappa shape index (κ2) is 3.95. The lowest BCUT2D eigenvalue weighted by Crippen LogP contribution is -1.99. The maximum Gasteiger partial charge on any atom is 0.121 e. The second-order valence-electron chi connectivity index (χ2n) is 2.11. The highest BCUT2D eigenvalue weighted by Gasteiger charge is 1.86. The first-order chi connectivity index (χ1) is 4.16. The van der Waals surface area contributed by atoms with Crippen molar-refractivity contribution in [2.24, 2.45) is 22.4 Å². The predicted molar refractivity (Wildman–Crippen MR) is 39.8 cm³/mol. The van der Waals surface area contributed by atoms with E-state index in [-0.39, 0.29) is 0 Å². The molecule has 0 amide bonds. The number of allylic oxidation sites excluding steroid dienone is 1. The Morgan fingerprint density at radius 1 is 1.56 bits per heavy atom. The van der Waals surface area contributed by atoms with E-state index in [9.17, 15) is 0 Å². The van der Waals surface area contributed by atoms with E-state index >= 15 is 0 Å². The first kappa shape index (κ1) is 8.01. The van der Waals surface area contributed by atoms with Gasteiger partial charge in [-0.25, -0.2) is 4.99 Å². The normalized spacial score (nSPS) is 13.4. The highest BCUT2D eigenvalue weighted by Crippen LogP contribution is 1.96. The molecule has 0 aliphatic rings. The van der Waals surface area contributed by atoms with E-state index in [1.807, 2.05) is 19.9 Å². The fraction of sp³-hybridized carbons (Fsp3) is 0.500. The summed E-state index contributed by atoms with van der Waals surface area (Å²) >= 11 is 0. The molecule has 4 N–H and O–H groups in total. The van der Waals surface area contributed by atoms with Crippen molar-refractivity contribution in [2.75, 3.05) is 0 Å². The topological polar surface area (TPSA) is 64.4 Å². The van der Waals surface area contributed by atoms with Crippen LogP contribution in [0.4, 0.5) is 0 Å². The van der Waals surface area contributed by atoms with Gasteiger partial charge in [-0.3, -0.25) is 0 Å². The highest BCUT2D eigenvalue weighted by molar-refractivity contribution is 5.53. The molecule has 0 aliphatic heterocycles. The summed E-state index contributed by atoms with van der Waals surface area (Å²) in [5.41, 5.74) is 10.4. The second-order valence-corrected chi connectivity index (χ2v) is 2.11. The summed E-state index contributed by atoms with van der Waals surface area (Å²) in [4.78, 5) is 3.66. The van der Waals surface area contributed by atoms with Crippen LogP contribution < -0.4 is 11.5 Å². The molecule has 0 saturated heterocycles. The lowest BCUT2D eigenvalue weighted by molar-refractivity contribution is 0.817. The van der Waals surface area contributed by atoms with Gasteiger partial charge in [0.15, 0.2) is 0 Å². The Balaban J connectivity index is 3.84. The molecule has 0 aliphatic carbocycles. The SMILES string of the molecule is CC(C)/C=C(/N)N=CN. The zero-order chi connectivity index (χ0) is 7.28. The van der Waals surface area contributed by atoms with Gasteiger partial charge in [-0.1, -0.05) is 13.8 Å². The van der Waals surface area contributed by atoms with Crippen molar-refractivity contribution in [3.8, 4) is 0 Å². The van der Waals surface area contributed by atoms with Gasteiger partial charge in [0.05, 0.1) is 6.34 Å². The third kappa shape index (κ3) is 4.87. The molecule has 0 atom stereocenters. The number of hydrogen-bond acceptors (Lipinski definition) is 2. The van der Waals surface area contributed by atoms with Crippen molar-refractivity contribution in [1.82, 2.24) is 0 Å². The van der Waals surface area contributed by atoms with Crippen LogP contribution in [0.1, 0.15) is 13.8 Å². The predicted octanol–water partition coefficient (Wildman–Crippen LogP) is 0.430. The number of aliphatic imine (C=N–C) groups is 1. The van der Waals surface area contributed by atoms with E-state index in [1.54, 1.807) is 0 Å². The van der Waals surface area contributed by atoms with Crippen LogP contribution in [0.2, 0.25) is 0 Å². The average Bonchev–Trinajstić information content (AvgIpc) is 1.63. The minimum atomic E-state index is 0.425. The zero-order valence-corrected chi connectivity index (χ0v) is 5.83. The fourth-order valence-electron chi connectivity index (χ4n) is 0.471. The summed E-state index contributed by atoms with van der Waals surface area (Å²) in [5.74, 6) is 0.904. The molecule has 0 bridgehead atoms. The molecule has 3 nitrogen and oxygen atoms in total. The third-order valence-electron chi connectivity index (χ3n) is 0.728. The highest BCUT2D eigenvalue weighted by atomic mass is 14.9. The summed E-state index contributed by atoms with van der Waals surface area (Å²) in [6.07, 6.45) is 3.03. The summed E-state index contributed by atoms with van der Waals surface area (Å²) < 4.78 is 0. The van der Waals surface area contributed by atoms with Gasteiger partial charge in [0.1, 0.15) is 5.82 Å². The van der Waals surface area contributed by atoms with Gasteiger partial charge in [-0.15, -0.1) is 0 Å². The van der Waals surface area contributed by atoms with Gasteiger partial charge in [0, 0.05) is 0 Å². The molecule has 0 radical (unpaired) electrons. The van der Waals surface area contributed by atoms with Gasteiger partial charge >= 0.3 is 0 Å². The van der Waals surface area contributed by atoms with Gasteiger partial charge in [-0.05, 0) is 12.0 Å². The molecule has 0 aromatic rings. The lowest BCUT2D eigenvalue weighted by Gasteiger charge is -1.94. The average molecular weight is 127 g/mol. The maximum atomic E-state index is 5.37. The fourth-order valence-corrected chi connectivity index (χ4v) is 0.471.